The first-order valence-electron chi connectivity index (χ1n) is 6.22. The summed E-state index contributed by atoms with van der Waals surface area (Å²) in [6, 6.07) is 5.10. The van der Waals surface area contributed by atoms with Crippen molar-refractivity contribution in [1.82, 2.24) is 4.98 Å². The molecule has 19 heavy (non-hydrogen) atoms. The molecule has 1 heterocycles. The molecule has 0 radical (unpaired) electrons. The Morgan fingerprint density at radius 3 is 2.47 bits per heavy atom. The van der Waals surface area contributed by atoms with Gasteiger partial charge in [0.2, 0.25) is 0 Å². The number of hydrogen-bond acceptors (Lipinski definition) is 2. The van der Waals surface area contributed by atoms with Gasteiger partial charge in [0.05, 0.1) is 9.99 Å². The molecule has 2 aromatic rings. The van der Waals surface area contributed by atoms with Crippen LogP contribution in [0.5, 0.6) is 5.75 Å². The zero-order chi connectivity index (χ0) is 14.8. The van der Waals surface area contributed by atoms with Gasteiger partial charge in [0.15, 0.2) is 5.43 Å². The largest absolute Gasteiger partial charge is 0.482 e. The number of alkyl halides is 1. The van der Waals surface area contributed by atoms with Crippen molar-refractivity contribution in [2.45, 2.75) is 27.7 Å². The van der Waals surface area contributed by atoms with Crippen LogP contribution in [0.4, 0.5) is 0 Å². The van der Waals surface area contributed by atoms with Crippen LogP contribution in [0.2, 0.25) is 0 Å². The van der Waals surface area contributed by atoms with Crippen LogP contribution in [-0.4, -0.2) is 9.60 Å². The summed E-state index contributed by atoms with van der Waals surface area (Å²) in [5, 5.41) is 0.639. The quantitative estimate of drug-likeness (QED) is 0.521. The Hall–Kier alpha value is -0.560. The van der Waals surface area contributed by atoms with E-state index in [0.717, 1.165) is 9.99 Å². The van der Waals surface area contributed by atoms with E-state index in [9.17, 15) is 4.79 Å². The lowest BCUT2D eigenvalue weighted by Gasteiger charge is -2.06. The fourth-order valence-electron chi connectivity index (χ4n) is 1.34. The van der Waals surface area contributed by atoms with Crippen LogP contribution in [0.25, 0.3) is 10.9 Å². The van der Waals surface area contributed by atoms with Gasteiger partial charge in [0.25, 0.3) is 0 Å². The minimum atomic E-state index is -0.00504. The Balaban J connectivity index is 0.000000741. The Bertz CT molecular complexity index is 555. The standard InChI is InChI=1S/C10H7BrINO2.2C2H6/c11-7-4-8-6(3-10(7)15-5-12)9(14)1-2-13-8;2*1-2/h1-4H,5H2,(H,13,14);2*1-2H3. The molecule has 1 aromatic carbocycles. The predicted molar refractivity (Wildman–Crippen MR) is 94.5 cm³/mol. The molecular formula is C14H19BrINO2. The molecule has 0 fully saturated rings. The van der Waals surface area contributed by atoms with Crippen LogP contribution in [0.1, 0.15) is 27.7 Å². The summed E-state index contributed by atoms with van der Waals surface area (Å²) in [6.07, 6.45) is 1.63. The highest BCUT2D eigenvalue weighted by Gasteiger charge is 2.05. The topological polar surface area (TPSA) is 42.1 Å². The van der Waals surface area contributed by atoms with Gasteiger partial charge in [-0.2, -0.15) is 0 Å². The van der Waals surface area contributed by atoms with Crippen molar-refractivity contribution in [3.8, 4) is 5.75 Å². The van der Waals surface area contributed by atoms with Gasteiger partial charge in [-0.25, -0.2) is 0 Å². The highest BCUT2D eigenvalue weighted by atomic mass is 127. The molecule has 1 aromatic heterocycles. The van der Waals surface area contributed by atoms with Crippen molar-refractivity contribution in [2.75, 3.05) is 4.61 Å². The molecule has 0 bridgehead atoms. The number of ether oxygens (including phenoxy) is 1. The molecular weight excluding hydrogens is 421 g/mol. The summed E-state index contributed by atoms with van der Waals surface area (Å²) in [4.78, 5) is 14.6. The van der Waals surface area contributed by atoms with Crippen molar-refractivity contribution in [3.05, 3.63) is 39.1 Å². The predicted octanol–water partition coefficient (Wildman–Crippen LogP) is 5.11. The maximum atomic E-state index is 11.6. The lowest BCUT2D eigenvalue weighted by Crippen LogP contribution is -2.01. The minimum absolute atomic E-state index is 0.00504. The molecule has 0 unspecified atom stereocenters. The Kier molecular flexibility index (Phi) is 9.95. The van der Waals surface area contributed by atoms with Gasteiger partial charge in [0.1, 0.15) is 10.4 Å². The molecule has 1 N–H and O–H groups in total. The van der Waals surface area contributed by atoms with E-state index in [0.29, 0.717) is 15.7 Å². The molecule has 0 atom stereocenters. The monoisotopic (exact) mass is 439 g/mol. The maximum Gasteiger partial charge on any atom is 0.189 e. The molecule has 0 aliphatic rings. The van der Waals surface area contributed by atoms with E-state index in [2.05, 4.69) is 43.5 Å². The molecule has 0 amide bonds. The molecule has 0 spiro atoms. The van der Waals surface area contributed by atoms with Crippen LogP contribution in [0, 0.1) is 0 Å². The number of pyridine rings is 1. The van der Waals surface area contributed by atoms with E-state index >= 15 is 0 Å². The average Bonchev–Trinajstić information content (AvgIpc) is 2.45. The lowest BCUT2D eigenvalue weighted by atomic mass is 10.2. The zero-order valence-electron chi connectivity index (χ0n) is 11.6. The summed E-state index contributed by atoms with van der Waals surface area (Å²) in [6.45, 7) is 8.00. The van der Waals surface area contributed by atoms with Crippen LogP contribution in [-0.2, 0) is 0 Å². The van der Waals surface area contributed by atoms with E-state index < -0.39 is 0 Å². The Morgan fingerprint density at radius 2 is 1.89 bits per heavy atom. The highest BCUT2D eigenvalue weighted by molar-refractivity contribution is 14.1. The first-order valence-corrected chi connectivity index (χ1v) is 8.54. The third-order valence-corrected chi connectivity index (χ3v) is 2.95. The second kappa shape index (κ2) is 10.3. The molecule has 3 nitrogen and oxygen atoms in total. The Labute approximate surface area is 136 Å². The number of aromatic amines is 1. The van der Waals surface area contributed by atoms with Gasteiger partial charge in [-0.15, -0.1) is 0 Å². The van der Waals surface area contributed by atoms with E-state index in [4.69, 9.17) is 4.74 Å². The number of benzene rings is 1. The molecule has 0 saturated heterocycles. The van der Waals surface area contributed by atoms with E-state index in [1.807, 2.05) is 33.8 Å². The summed E-state index contributed by atoms with van der Waals surface area (Å²) in [7, 11) is 0. The van der Waals surface area contributed by atoms with Crippen molar-refractivity contribution in [1.29, 1.82) is 0 Å². The van der Waals surface area contributed by atoms with Crippen molar-refractivity contribution in [2.24, 2.45) is 0 Å². The van der Waals surface area contributed by atoms with Gasteiger partial charge in [-0.05, 0) is 50.7 Å². The molecule has 2 rings (SSSR count). The fraction of sp³-hybridized carbons (Fsp3) is 0.357. The smallest absolute Gasteiger partial charge is 0.189 e. The summed E-state index contributed by atoms with van der Waals surface area (Å²) >= 11 is 5.50. The van der Waals surface area contributed by atoms with E-state index in [1.54, 1.807) is 12.3 Å². The summed E-state index contributed by atoms with van der Waals surface area (Å²) in [5.74, 6) is 0.689. The van der Waals surface area contributed by atoms with Gasteiger partial charge < -0.3 is 9.72 Å². The fourth-order valence-corrected chi connectivity index (χ4v) is 2.14. The molecule has 0 aliphatic heterocycles. The first kappa shape index (κ1) is 18.4. The number of rotatable bonds is 2. The number of hydrogen-bond donors (Lipinski definition) is 1. The van der Waals surface area contributed by atoms with E-state index in [-0.39, 0.29) is 5.43 Å². The zero-order valence-corrected chi connectivity index (χ0v) is 15.3. The molecule has 5 heteroatoms. The SMILES string of the molecule is CC.CC.O=c1cc[nH]c2cc(Br)c(OCI)cc12. The van der Waals surface area contributed by atoms with Gasteiger partial charge in [0, 0.05) is 17.6 Å². The third kappa shape index (κ3) is 5.14. The van der Waals surface area contributed by atoms with Crippen LogP contribution < -0.4 is 10.2 Å². The Morgan fingerprint density at radius 1 is 1.26 bits per heavy atom. The number of halogens is 2. The number of H-pyrrole nitrogens is 1. The first-order chi connectivity index (χ1) is 9.22. The van der Waals surface area contributed by atoms with Crippen LogP contribution in [0.3, 0.4) is 0 Å². The van der Waals surface area contributed by atoms with Gasteiger partial charge >= 0.3 is 0 Å². The van der Waals surface area contributed by atoms with Crippen molar-refractivity contribution >= 4 is 49.4 Å². The van der Waals surface area contributed by atoms with Crippen molar-refractivity contribution in [3.63, 3.8) is 0 Å². The maximum absolute atomic E-state index is 11.6. The van der Waals surface area contributed by atoms with Crippen LogP contribution >= 0.6 is 38.5 Å². The normalized spacial score (nSPS) is 8.95. The van der Waals surface area contributed by atoms with Crippen molar-refractivity contribution < 1.29 is 4.74 Å². The summed E-state index contributed by atoms with van der Waals surface area (Å²) < 4.78 is 6.78. The van der Waals surface area contributed by atoms with Gasteiger partial charge in [-0.3, -0.25) is 4.79 Å². The second-order valence-corrected chi connectivity index (χ2v) is 4.40. The molecule has 106 valence electrons. The third-order valence-electron chi connectivity index (χ3n) is 2.02. The molecule has 0 saturated carbocycles. The number of aromatic nitrogens is 1. The minimum Gasteiger partial charge on any atom is -0.482 e. The highest BCUT2D eigenvalue weighted by Crippen LogP contribution is 2.28. The van der Waals surface area contributed by atoms with Crippen LogP contribution in [0.15, 0.2) is 33.7 Å². The number of fused-ring (bicyclic) bond motifs is 1. The lowest BCUT2D eigenvalue weighted by molar-refractivity contribution is 0.402. The molecule has 0 aliphatic carbocycles. The second-order valence-electron chi connectivity index (χ2n) is 2.92. The van der Waals surface area contributed by atoms with E-state index in [1.165, 1.54) is 6.07 Å². The summed E-state index contributed by atoms with van der Waals surface area (Å²) in [5.41, 5.74) is 0.796. The average molecular weight is 440 g/mol. The number of nitrogens with one attached hydrogen (secondary N) is 1. The van der Waals surface area contributed by atoms with Gasteiger partial charge in [-0.1, -0.05) is 27.7 Å².